The average Bonchev–Trinajstić information content (AvgIpc) is 2.75. The summed E-state index contributed by atoms with van der Waals surface area (Å²) in [6.07, 6.45) is 0. The average molecular weight is 507 g/mol. The molecule has 2 aromatic carbocycles. The molecule has 0 unspecified atom stereocenters. The highest BCUT2D eigenvalue weighted by Gasteiger charge is 2.28. The van der Waals surface area contributed by atoms with Gasteiger partial charge in [0.2, 0.25) is 5.91 Å². The van der Waals surface area contributed by atoms with Gasteiger partial charge in [-0.05, 0) is 45.4 Å². The van der Waals surface area contributed by atoms with E-state index in [-0.39, 0.29) is 25.0 Å². The SMILES string of the molecule is COc1cc(OC)cc(OCC(=O)N(Cc2ccc(Br)cc2)[C@@H](C)C(=O)NC(C)(C)C)c1. The van der Waals surface area contributed by atoms with Crippen LogP contribution in [-0.4, -0.2) is 49.1 Å². The van der Waals surface area contributed by atoms with Crippen molar-refractivity contribution in [1.82, 2.24) is 10.2 Å². The molecule has 1 N–H and O–H groups in total. The monoisotopic (exact) mass is 506 g/mol. The molecule has 8 heteroatoms. The third-order valence-corrected chi connectivity index (χ3v) is 5.15. The summed E-state index contributed by atoms with van der Waals surface area (Å²) in [5.41, 5.74) is 0.491. The quantitative estimate of drug-likeness (QED) is 0.551. The molecule has 0 heterocycles. The van der Waals surface area contributed by atoms with E-state index in [9.17, 15) is 9.59 Å². The first kappa shape index (κ1) is 25.5. The molecule has 0 saturated carbocycles. The van der Waals surface area contributed by atoms with Crippen LogP contribution in [0.2, 0.25) is 0 Å². The highest BCUT2D eigenvalue weighted by atomic mass is 79.9. The second-order valence-corrected chi connectivity index (χ2v) is 9.32. The van der Waals surface area contributed by atoms with Crippen LogP contribution in [-0.2, 0) is 16.1 Å². The van der Waals surface area contributed by atoms with E-state index in [4.69, 9.17) is 14.2 Å². The molecule has 0 aromatic heterocycles. The summed E-state index contributed by atoms with van der Waals surface area (Å²) in [6, 6.07) is 12.0. The zero-order chi connectivity index (χ0) is 23.9. The summed E-state index contributed by atoms with van der Waals surface area (Å²) in [4.78, 5) is 27.5. The van der Waals surface area contributed by atoms with E-state index in [1.807, 2.05) is 45.0 Å². The number of ether oxygens (including phenoxy) is 3. The van der Waals surface area contributed by atoms with Gasteiger partial charge in [-0.15, -0.1) is 0 Å². The number of amides is 2. The molecule has 174 valence electrons. The van der Waals surface area contributed by atoms with E-state index in [2.05, 4.69) is 21.2 Å². The van der Waals surface area contributed by atoms with Crippen LogP contribution in [0.4, 0.5) is 0 Å². The number of nitrogens with zero attached hydrogens (tertiary/aromatic N) is 1. The van der Waals surface area contributed by atoms with Crippen molar-refractivity contribution >= 4 is 27.7 Å². The molecule has 7 nitrogen and oxygen atoms in total. The number of methoxy groups -OCH3 is 2. The molecule has 32 heavy (non-hydrogen) atoms. The fourth-order valence-electron chi connectivity index (χ4n) is 2.94. The minimum atomic E-state index is -0.686. The summed E-state index contributed by atoms with van der Waals surface area (Å²) in [6.45, 7) is 7.45. The van der Waals surface area contributed by atoms with E-state index < -0.39 is 11.6 Å². The number of nitrogens with one attached hydrogen (secondary N) is 1. The van der Waals surface area contributed by atoms with Crippen molar-refractivity contribution in [3.05, 3.63) is 52.5 Å². The van der Waals surface area contributed by atoms with Crippen molar-refractivity contribution < 1.29 is 23.8 Å². The van der Waals surface area contributed by atoms with Crippen LogP contribution in [0.5, 0.6) is 17.2 Å². The van der Waals surface area contributed by atoms with Crippen LogP contribution in [0, 0.1) is 0 Å². The molecule has 2 amide bonds. The summed E-state index contributed by atoms with van der Waals surface area (Å²) in [5, 5.41) is 2.94. The Morgan fingerprint density at radius 1 is 1.00 bits per heavy atom. The fourth-order valence-corrected chi connectivity index (χ4v) is 3.20. The Labute approximate surface area is 198 Å². The minimum absolute atomic E-state index is 0.231. The van der Waals surface area contributed by atoms with Crippen LogP contribution in [0.3, 0.4) is 0 Å². The number of hydrogen-bond donors (Lipinski definition) is 1. The predicted octanol–water partition coefficient (Wildman–Crippen LogP) is 4.18. The van der Waals surface area contributed by atoms with Crippen LogP contribution < -0.4 is 19.5 Å². The summed E-state index contributed by atoms with van der Waals surface area (Å²) in [5.74, 6) is 0.995. The lowest BCUT2D eigenvalue weighted by Gasteiger charge is -2.31. The van der Waals surface area contributed by atoms with Crippen LogP contribution in [0.1, 0.15) is 33.3 Å². The normalized spacial score (nSPS) is 12.0. The van der Waals surface area contributed by atoms with E-state index >= 15 is 0 Å². The first-order valence-corrected chi connectivity index (χ1v) is 11.0. The molecule has 1 atom stereocenters. The summed E-state index contributed by atoms with van der Waals surface area (Å²) >= 11 is 3.41. The Bertz CT molecular complexity index is 903. The molecule has 0 saturated heterocycles. The fraction of sp³-hybridized carbons (Fsp3) is 0.417. The standard InChI is InChI=1S/C24H31BrN2O5/c1-16(23(29)26-24(2,3)4)27(14-17-7-9-18(25)10-8-17)22(28)15-32-21-12-19(30-5)11-20(13-21)31-6/h7-13,16H,14-15H2,1-6H3,(H,26,29)/t16-/m0/s1. The van der Waals surface area contributed by atoms with Gasteiger partial charge in [0, 0.05) is 34.8 Å². The number of carbonyl (C=O) groups is 2. The molecule has 2 aromatic rings. The molecular weight excluding hydrogens is 476 g/mol. The largest absolute Gasteiger partial charge is 0.496 e. The van der Waals surface area contributed by atoms with Gasteiger partial charge < -0.3 is 24.4 Å². The molecule has 0 aliphatic carbocycles. The number of rotatable bonds is 9. The van der Waals surface area contributed by atoms with Crippen molar-refractivity contribution in [3.63, 3.8) is 0 Å². The van der Waals surface area contributed by atoms with Gasteiger partial charge in [-0.25, -0.2) is 0 Å². The third-order valence-electron chi connectivity index (χ3n) is 4.62. The molecule has 0 spiro atoms. The highest BCUT2D eigenvalue weighted by Crippen LogP contribution is 2.27. The van der Waals surface area contributed by atoms with Crippen molar-refractivity contribution in [2.24, 2.45) is 0 Å². The smallest absolute Gasteiger partial charge is 0.261 e. The van der Waals surface area contributed by atoms with Crippen molar-refractivity contribution in [2.45, 2.75) is 45.8 Å². The molecular formula is C24H31BrN2O5. The Balaban J connectivity index is 2.20. The van der Waals surface area contributed by atoms with E-state index in [1.54, 1.807) is 39.3 Å². The predicted molar refractivity (Wildman–Crippen MR) is 127 cm³/mol. The lowest BCUT2D eigenvalue weighted by molar-refractivity contribution is -0.142. The van der Waals surface area contributed by atoms with Crippen LogP contribution in [0.15, 0.2) is 46.9 Å². The lowest BCUT2D eigenvalue weighted by Crippen LogP contribution is -2.53. The second kappa shape index (κ2) is 11.2. The lowest BCUT2D eigenvalue weighted by atomic mass is 10.1. The van der Waals surface area contributed by atoms with Gasteiger partial charge in [-0.1, -0.05) is 28.1 Å². The van der Waals surface area contributed by atoms with Gasteiger partial charge in [0.1, 0.15) is 23.3 Å². The second-order valence-electron chi connectivity index (χ2n) is 8.40. The molecule has 0 aliphatic heterocycles. The van der Waals surface area contributed by atoms with Crippen molar-refractivity contribution in [2.75, 3.05) is 20.8 Å². The third kappa shape index (κ3) is 7.75. The Kier molecular flexibility index (Phi) is 8.95. The topological polar surface area (TPSA) is 77.1 Å². The van der Waals surface area contributed by atoms with Gasteiger partial charge in [0.05, 0.1) is 14.2 Å². The maximum absolute atomic E-state index is 13.2. The number of carbonyl (C=O) groups excluding carboxylic acids is 2. The Hall–Kier alpha value is -2.74. The van der Waals surface area contributed by atoms with Gasteiger partial charge in [-0.3, -0.25) is 9.59 Å². The summed E-state index contributed by atoms with van der Waals surface area (Å²) < 4.78 is 17.2. The maximum Gasteiger partial charge on any atom is 0.261 e. The molecule has 0 aliphatic rings. The number of benzene rings is 2. The molecule has 0 radical (unpaired) electrons. The van der Waals surface area contributed by atoms with Crippen molar-refractivity contribution in [3.8, 4) is 17.2 Å². The number of halogens is 1. The van der Waals surface area contributed by atoms with E-state index in [1.165, 1.54) is 4.90 Å². The maximum atomic E-state index is 13.2. The Morgan fingerprint density at radius 3 is 2.03 bits per heavy atom. The van der Waals surface area contributed by atoms with Gasteiger partial charge in [0.25, 0.3) is 5.91 Å². The molecule has 0 fully saturated rings. The van der Waals surface area contributed by atoms with Crippen molar-refractivity contribution in [1.29, 1.82) is 0 Å². The number of hydrogen-bond acceptors (Lipinski definition) is 5. The van der Waals surface area contributed by atoms with Crippen LogP contribution >= 0.6 is 15.9 Å². The Morgan fingerprint density at radius 2 is 1.53 bits per heavy atom. The van der Waals surface area contributed by atoms with Gasteiger partial charge >= 0.3 is 0 Å². The van der Waals surface area contributed by atoms with E-state index in [0.29, 0.717) is 17.2 Å². The summed E-state index contributed by atoms with van der Waals surface area (Å²) in [7, 11) is 3.08. The van der Waals surface area contributed by atoms with E-state index in [0.717, 1.165) is 10.0 Å². The van der Waals surface area contributed by atoms with Gasteiger partial charge in [-0.2, -0.15) is 0 Å². The molecule has 0 bridgehead atoms. The zero-order valence-electron chi connectivity index (χ0n) is 19.4. The van der Waals surface area contributed by atoms with Gasteiger partial charge in [0.15, 0.2) is 6.61 Å². The van der Waals surface area contributed by atoms with Crippen LogP contribution in [0.25, 0.3) is 0 Å². The zero-order valence-corrected chi connectivity index (χ0v) is 21.0. The molecule has 2 rings (SSSR count). The highest BCUT2D eigenvalue weighted by molar-refractivity contribution is 9.10. The first-order valence-electron chi connectivity index (χ1n) is 10.2. The first-order chi connectivity index (χ1) is 15.0. The minimum Gasteiger partial charge on any atom is -0.496 e.